The number of hydrogen-bond donors (Lipinski definition) is 3. The Morgan fingerprint density at radius 1 is 1.04 bits per heavy atom. The first-order valence-corrected chi connectivity index (χ1v) is 9.05. The maximum Gasteiger partial charge on any atom is 0.223 e. The molecule has 150 valence electrons. The number of ketones is 3. The van der Waals surface area contributed by atoms with E-state index < -0.39 is 39.9 Å². The van der Waals surface area contributed by atoms with Crippen molar-refractivity contribution < 1.29 is 29.7 Å². The Hall–Kier alpha value is -2.05. The molecule has 0 spiro atoms. The van der Waals surface area contributed by atoms with E-state index in [1.807, 2.05) is 0 Å². The van der Waals surface area contributed by atoms with Crippen molar-refractivity contribution in [2.24, 2.45) is 5.92 Å². The lowest BCUT2D eigenvalue weighted by Crippen LogP contribution is -2.61. The van der Waals surface area contributed by atoms with E-state index in [4.69, 9.17) is 0 Å². The second-order valence-electron chi connectivity index (χ2n) is 8.04. The summed E-state index contributed by atoms with van der Waals surface area (Å²) in [6.45, 7) is 10.5. The molecule has 0 saturated heterocycles. The van der Waals surface area contributed by atoms with Crippen LogP contribution in [0.3, 0.4) is 0 Å². The first kappa shape index (κ1) is 23.0. The number of allylic oxidation sites excluding steroid dienone is 3. The highest BCUT2D eigenvalue weighted by Crippen LogP contribution is 2.44. The van der Waals surface area contributed by atoms with Crippen LogP contribution in [-0.4, -0.2) is 43.9 Å². The third kappa shape index (κ3) is 4.28. The SMILES string of the molecule is CC(C)=CCC(=O)[C@@]1(O)C(=O)C(C(=O)CC(C)C)=C(O)[C@@]1(O)CC=C(C)C. The van der Waals surface area contributed by atoms with Gasteiger partial charge in [-0.2, -0.15) is 0 Å². The van der Waals surface area contributed by atoms with Gasteiger partial charge < -0.3 is 15.3 Å². The highest BCUT2D eigenvalue weighted by molar-refractivity contribution is 6.32. The molecule has 1 aliphatic rings. The number of aliphatic hydroxyl groups excluding tert-OH is 1. The van der Waals surface area contributed by atoms with Crippen LogP contribution in [0.25, 0.3) is 0 Å². The van der Waals surface area contributed by atoms with E-state index in [0.717, 1.165) is 11.1 Å². The van der Waals surface area contributed by atoms with Gasteiger partial charge in [-0.3, -0.25) is 14.4 Å². The molecule has 1 aliphatic carbocycles. The molecule has 0 aromatic rings. The van der Waals surface area contributed by atoms with Crippen molar-refractivity contribution in [3.05, 3.63) is 34.6 Å². The van der Waals surface area contributed by atoms with Crippen LogP contribution >= 0.6 is 0 Å². The van der Waals surface area contributed by atoms with Gasteiger partial charge >= 0.3 is 0 Å². The standard InChI is InChI=1S/C21H30O6/c1-12(2)7-8-16(23)21(27)19(25)17(15(22)11-14(5)6)18(24)20(21,26)10-9-13(3)4/h7,9,14,24,26-27H,8,10-11H2,1-6H3/t20-,21+/m0/s1. The molecule has 0 heterocycles. The van der Waals surface area contributed by atoms with Gasteiger partial charge in [-0.05, 0) is 33.6 Å². The number of Topliss-reactive ketones (excluding diaryl/α,β-unsaturated/α-hetero) is 3. The van der Waals surface area contributed by atoms with Crippen LogP contribution in [0.4, 0.5) is 0 Å². The highest BCUT2D eigenvalue weighted by atomic mass is 16.4. The minimum Gasteiger partial charge on any atom is -0.508 e. The van der Waals surface area contributed by atoms with Gasteiger partial charge in [0.1, 0.15) is 11.3 Å². The second-order valence-corrected chi connectivity index (χ2v) is 8.04. The molecule has 2 atom stereocenters. The van der Waals surface area contributed by atoms with Gasteiger partial charge in [0.15, 0.2) is 17.2 Å². The van der Waals surface area contributed by atoms with Gasteiger partial charge in [0.2, 0.25) is 11.4 Å². The number of carbonyl (C=O) groups excluding carboxylic acids is 3. The van der Waals surface area contributed by atoms with Crippen molar-refractivity contribution in [1.29, 1.82) is 0 Å². The van der Waals surface area contributed by atoms with Crippen LogP contribution in [0.1, 0.15) is 60.8 Å². The minimum absolute atomic E-state index is 0.0535. The Labute approximate surface area is 160 Å². The minimum atomic E-state index is -2.91. The lowest BCUT2D eigenvalue weighted by molar-refractivity contribution is -0.171. The van der Waals surface area contributed by atoms with Crippen LogP contribution in [-0.2, 0) is 14.4 Å². The summed E-state index contributed by atoms with van der Waals surface area (Å²) >= 11 is 0. The number of rotatable bonds is 8. The lowest BCUT2D eigenvalue weighted by atomic mass is 9.76. The maximum absolute atomic E-state index is 12.9. The van der Waals surface area contributed by atoms with Crippen molar-refractivity contribution in [2.45, 2.75) is 72.0 Å². The molecule has 0 amide bonds. The Kier molecular flexibility index (Phi) is 7.08. The van der Waals surface area contributed by atoms with Gasteiger partial charge in [0, 0.05) is 19.3 Å². The predicted octanol–water partition coefficient (Wildman–Crippen LogP) is 2.74. The summed E-state index contributed by atoms with van der Waals surface area (Å²) in [5.41, 5.74) is -4.61. The molecular formula is C21H30O6. The largest absolute Gasteiger partial charge is 0.508 e. The summed E-state index contributed by atoms with van der Waals surface area (Å²) in [5.74, 6) is -3.93. The fourth-order valence-corrected chi connectivity index (χ4v) is 2.98. The molecular weight excluding hydrogens is 348 g/mol. The van der Waals surface area contributed by atoms with Crippen LogP contribution < -0.4 is 0 Å². The summed E-state index contributed by atoms with van der Waals surface area (Å²) in [4.78, 5) is 38.1. The molecule has 6 heteroatoms. The topological polar surface area (TPSA) is 112 Å². The Morgan fingerprint density at radius 2 is 1.56 bits per heavy atom. The zero-order chi connectivity index (χ0) is 21.2. The van der Waals surface area contributed by atoms with Gasteiger partial charge in [0.25, 0.3) is 0 Å². The monoisotopic (exact) mass is 378 g/mol. The van der Waals surface area contributed by atoms with Crippen LogP contribution in [0.5, 0.6) is 0 Å². The summed E-state index contributed by atoms with van der Waals surface area (Å²) in [5, 5.41) is 32.7. The smallest absolute Gasteiger partial charge is 0.223 e. The molecule has 1 rings (SSSR count). The summed E-state index contributed by atoms with van der Waals surface area (Å²) in [6, 6.07) is 0. The molecule has 0 aromatic carbocycles. The fourth-order valence-electron chi connectivity index (χ4n) is 2.98. The maximum atomic E-state index is 12.9. The van der Waals surface area contributed by atoms with Crippen molar-refractivity contribution >= 4 is 17.3 Å². The second kappa shape index (κ2) is 8.31. The normalized spacial score (nSPS) is 25.0. The van der Waals surface area contributed by atoms with E-state index in [1.165, 1.54) is 12.2 Å². The number of carbonyl (C=O) groups is 3. The van der Waals surface area contributed by atoms with Gasteiger partial charge in [-0.25, -0.2) is 0 Å². The van der Waals surface area contributed by atoms with E-state index in [9.17, 15) is 29.7 Å². The number of aliphatic hydroxyl groups is 3. The summed E-state index contributed by atoms with van der Waals surface area (Å²) < 4.78 is 0. The van der Waals surface area contributed by atoms with E-state index in [1.54, 1.807) is 41.5 Å². The van der Waals surface area contributed by atoms with Crippen LogP contribution in [0.2, 0.25) is 0 Å². The van der Waals surface area contributed by atoms with Crippen molar-refractivity contribution in [3.8, 4) is 0 Å². The van der Waals surface area contributed by atoms with Crippen LogP contribution in [0.15, 0.2) is 34.6 Å². The highest BCUT2D eigenvalue weighted by Gasteiger charge is 2.68. The third-order valence-electron chi connectivity index (χ3n) is 4.56. The van der Waals surface area contributed by atoms with E-state index in [0.29, 0.717) is 0 Å². The number of hydrogen-bond acceptors (Lipinski definition) is 6. The molecule has 0 unspecified atom stereocenters. The predicted molar refractivity (Wildman–Crippen MR) is 102 cm³/mol. The third-order valence-corrected chi connectivity index (χ3v) is 4.56. The Morgan fingerprint density at radius 3 is 2.00 bits per heavy atom. The zero-order valence-corrected chi connectivity index (χ0v) is 16.9. The molecule has 0 aromatic heterocycles. The molecule has 3 N–H and O–H groups in total. The molecule has 27 heavy (non-hydrogen) atoms. The summed E-state index contributed by atoms with van der Waals surface area (Å²) in [6.07, 6.45) is 2.28. The molecule has 0 fully saturated rings. The van der Waals surface area contributed by atoms with Gasteiger partial charge in [-0.15, -0.1) is 0 Å². The Bertz CT molecular complexity index is 732. The molecule has 6 nitrogen and oxygen atoms in total. The molecule has 0 radical (unpaired) electrons. The fraction of sp³-hybridized carbons (Fsp3) is 0.571. The van der Waals surface area contributed by atoms with E-state index in [-0.39, 0.29) is 25.2 Å². The van der Waals surface area contributed by atoms with Gasteiger partial charge in [0.05, 0.1) is 0 Å². The van der Waals surface area contributed by atoms with Crippen LogP contribution in [0, 0.1) is 5.92 Å². The zero-order valence-electron chi connectivity index (χ0n) is 16.9. The molecule has 0 aliphatic heterocycles. The molecule has 0 saturated carbocycles. The van der Waals surface area contributed by atoms with Crippen molar-refractivity contribution in [2.75, 3.05) is 0 Å². The van der Waals surface area contributed by atoms with Crippen molar-refractivity contribution in [3.63, 3.8) is 0 Å². The average Bonchev–Trinajstić information content (AvgIpc) is 2.69. The first-order chi connectivity index (χ1) is 12.3. The first-order valence-electron chi connectivity index (χ1n) is 9.05. The van der Waals surface area contributed by atoms with E-state index >= 15 is 0 Å². The lowest BCUT2D eigenvalue weighted by Gasteiger charge is -2.35. The molecule has 0 bridgehead atoms. The van der Waals surface area contributed by atoms with Gasteiger partial charge in [-0.1, -0.05) is 37.1 Å². The van der Waals surface area contributed by atoms with E-state index in [2.05, 4.69) is 0 Å². The quantitative estimate of drug-likeness (QED) is 0.340. The Balaban J connectivity index is 3.55. The average molecular weight is 378 g/mol. The van der Waals surface area contributed by atoms with Crippen molar-refractivity contribution in [1.82, 2.24) is 0 Å². The summed E-state index contributed by atoms with van der Waals surface area (Å²) in [7, 11) is 0.